The second-order valence-electron chi connectivity index (χ2n) is 6.28. The summed E-state index contributed by atoms with van der Waals surface area (Å²) in [6.45, 7) is 3.23. The summed E-state index contributed by atoms with van der Waals surface area (Å²) in [6.07, 6.45) is 7.69. The third-order valence-electron chi connectivity index (χ3n) is 4.61. The van der Waals surface area contributed by atoms with Gasteiger partial charge in [-0.1, -0.05) is 63.3 Å². The van der Waals surface area contributed by atoms with Crippen molar-refractivity contribution in [2.45, 2.75) is 52.0 Å². The molecule has 2 aromatic carbocycles. The van der Waals surface area contributed by atoms with Crippen LogP contribution in [0.1, 0.15) is 45.4 Å². The fraction of sp³-hybridized carbons (Fsp3) is 0.381. The first-order valence-electron chi connectivity index (χ1n) is 8.83. The highest BCUT2D eigenvalue weighted by molar-refractivity contribution is 5.93. The van der Waals surface area contributed by atoms with Gasteiger partial charge in [0.05, 0.1) is 11.0 Å². The molecule has 0 aliphatic rings. The minimum absolute atomic E-state index is 0.149. The number of hydrogen-bond donors (Lipinski definition) is 0. The van der Waals surface area contributed by atoms with Crippen molar-refractivity contribution in [2.24, 2.45) is 0 Å². The summed E-state index contributed by atoms with van der Waals surface area (Å²) in [5.74, 6) is 0. The van der Waals surface area contributed by atoms with Crippen LogP contribution in [0.3, 0.4) is 0 Å². The van der Waals surface area contributed by atoms with E-state index in [2.05, 4.69) is 23.6 Å². The van der Waals surface area contributed by atoms with Crippen LogP contribution >= 0.6 is 0 Å². The van der Waals surface area contributed by atoms with E-state index in [9.17, 15) is 4.79 Å². The number of aryl methyl sites for hydroxylation is 1. The van der Waals surface area contributed by atoms with E-state index in [-0.39, 0.29) is 5.43 Å². The van der Waals surface area contributed by atoms with Crippen LogP contribution in [0.4, 0.5) is 0 Å². The Kier molecular flexibility index (Phi) is 5.12. The zero-order valence-electron chi connectivity index (χ0n) is 13.9. The normalized spacial score (nSPS) is 11.3. The lowest BCUT2D eigenvalue weighted by molar-refractivity contribution is 0.570. The Hall–Kier alpha value is -2.09. The highest BCUT2D eigenvalue weighted by Crippen LogP contribution is 2.20. The standard InChI is InChI=1S/C21H25NO/c1-2-3-4-5-6-11-16-22-19-14-9-7-12-17(19)21(23)18-13-8-10-15-20(18)22/h7-10,12-15H,2-6,11,16H2,1H3. The van der Waals surface area contributed by atoms with Gasteiger partial charge in [0.15, 0.2) is 5.43 Å². The molecule has 1 aromatic heterocycles. The maximum absolute atomic E-state index is 12.7. The molecule has 2 heteroatoms. The predicted octanol–water partition coefficient (Wildman–Crippen LogP) is 5.52. The van der Waals surface area contributed by atoms with E-state index in [0.717, 1.165) is 28.4 Å². The number of pyridine rings is 1. The third kappa shape index (κ3) is 3.31. The largest absolute Gasteiger partial charge is 0.340 e. The van der Waals surface area contributed by atoms with Crippen LogP contribution in [-0.4, -0.2) is 4.57 Å². The van der Waals surface area contributed by atoms with Gasteiger partial charge in [-0.05, 0) is 30.7 Å². The van der Waals surface area contributed by atoms with E-state index < -0.39 is 0 Å². The second-order valence-corrected chi connectivity index (χ2v) is 6.28. The van der Waals surface area contributed by atoms with Crippen LogP contribution in [0, 0.1) is 0 Å². The Morgan fingerprint density at radius 1 is 0.739 bits per heavy atom. The Bertz CT molecular complexity index is 787. The molecule has 120 valence electrons. The van der Waals surface area contributed by atoms with Gasteiger partial charge in [0.1, 0.15) is 0 Å². The van der Waals surface area contributed by atoms with Crippen LogP contribution < -0.4 is 5.43 Å². The van der Waals surface area contributed by atoms with E-state index in [1.165, 1.54) is 38.5 Å². The molecule has 0 unspecified atom stereocenters. The molecule has 3 rings (SSSR count). The number of para-hydroxylation sites is 2. The minimum Gasteiger partial charge on any atom is -0.340 e. The molecule has 3 aromatic rings. The highest BCUT2D eigenvalue weighted by Gasteiger charge is 2.09. The molecule has 0 amide bonds. The van der Waals surface area contributed by atoms with Gasteiger partial charge in [0.2, 0.25) is 0 Å². The average molecular weight is 307 g/mol. The van der Waals surface area contributed by atoms with Crippen molar-refractivity contribution in [3.05, 3.63) is 58.8 Å². The molecule has 1 heterocycles. The summed E-state index contributed by atoms with van der Waals surface area (Å²) < 4.78 is 2.33. The van der Waals surface area contributed by atoms with Crippen molar-refractivity contribution in [1.82, 2.24) is 4.57 Å². The van der Waals surface area contributed by atoms with Gasteiger partial charge in [-0.15, -0.1) is 0 Å². The molecule has 0 atom stereocenters. The van der Waals surface area contributed by atoms with E-state index in [1.54, 1.807) is 0 Å². The smallest absolute Gasteiger partial charge is 0.197 e. The van der Waals surface area contributed by atoms with Crippen LogP contribution in [0.2, 0.25) is 0 Å². The molecule has 2 nitrogen and oxygen atoms in total. The summed E-state index contributed by atoms with van der Waals surface area (Å²) >= 11 is 0. The number of fused-ring (bicyclic) bond motifs is 2. The Morgan fingerprint density at radius 3 is 1.87 bits per heavy atom. The van der Waals surface area contributed by atoms with Crippen LogP contribution in [0.25, 0.3) is 21.8 Å². The van der Waals surface area contributed by atoms with Crippen LogP contribution in [-0.2, 0) is 6.54 Å². The van der Waals surface area contributed by atoms with Gasteiger partial charge in [-0.3, -0.25) is 4.79 Å². The van der Waals surface area contributed by atoms with Gasteiger partial charge in [0.25, 0.3) is 0 Å². The molecular formula is C21H25NO. The molecule has 0 saturated heterocycles. The molecule has 0 aliphatic carbocycles. The minimum atomic E-state index is 0.149. The van der Waals surface area contributed by atoms with Crippen molar-refractivity contribution in [3.8, 4) is 0 Å². The topological polar surface area (TPSA) is 22.0 Å². The lowest BCUT2D eigenvalue weighted by atomic mass is 10.1. The molecule has 23 heavy (non-hydrogen) atoms. The summed E-state index contributed by atoms with van der Waals surface area (Å²) in [5.41, 5.74) is 2.27. The molecule has 0 bridgehead atoms. The lowest BCUT2D eigenvalue weighted by Crippen LogP contribution is -2.11. The van der Waals surface area contributed by atoms with Gasteiger partial charge < -0.3 is 4.57 Å². The SMILES string of the molecule is CCCCCCCCn1c2ccccc2c(=O)c2ccccc21. The number of rotatable bonds is 7. The monoisotopic (exact) mass is 307 g/mol. The van der Waals surface area contributed by atoms with Crippen molar-refractivity contribution >= 4 is 21.8 Å². The molecule has 0 N–H and O–H groups in total. The Morgan fingerprint density at radius 2 is 1.26 bits per heavy atom. The van der Waals surface area contributed by atoms with Gasteiger partial charge in [0, 0.05) is 17.3 Å². The third-order valence-corrected chi connectivity index (χ3v) is 4.61. The summed E-state index contributed by atoms with van der Waals surface area (Å²) in [5, 5.41) is 1.66. The first kappa shape index (κ1) is 15.8. The predicted molar refractivity (Wildman–Crippen MR) is 99.1 cm³/mol. The molecule has 0 spiro atoms. The summed E-state index contributed by atoms with van der Waals surface area (Å²) in [6, 6.07) is 16.0. The fourth-order valence-electron chi connectivity index (χ4n) is 3.37. The Balaban J connectivity index is 1.93. The van der Waals surface area contributed by atoms with Gasteiger partial charge >= 0.3 is 0 Å². The first-order chi connectivity index (χ1) is 11.3. The van der Waals surface area contributed by atoms with Gasteiger partial charge in [-0.2, -0.15) is 0 Å². The number of nitrogens with zero attached hydrogens (tertiary/aromatic N) is 1. The maximum atomic E-state index is 12.7. The van der Waals surface area contributed by atoms with Gasteiger partial charge in [-0.25, -0.2) is 0 Å². The van der Waals surface area contributed by atoms with Crippen molar-refractivity contribution in [2.75, 3.05) is 0 Å². The summed E-state index contributed by atoms with van der Waals surface area (Å²) in [7, 11) is 0. The number of unbranched alkanes of at least 4 members (excludes halogenated alkanes) is 5. The van der Waals surface area contributed by atoms with E-state index in [4.69, 9.17) is 0 Å². The maximum Gasteiger partial charge on any atom is 0.197 e. The van der Waals surface area contributed by atoms with Crippen LogP contribution in [0.15, 0.2) is 53.3 Å². The molecule has 0 aliphatic heterocycles. The Labute approximate surface area is 137 Å². The molecule has 0 radical (unpaired) electrons. The van der Waals surface area contributed by atoms with E-state index >= 15 is 0 Å². The zero-order chi connectivity index (χ0) is 16.1. The molecular weight excluding hydrogens is 282 g/mol. The summed E-state index contributed by atoms with van der Waals surface area (Å²) in [4.78, 5) is 12.7. The molecule has 0 fully saturated rings. The van der Waals surface area contributed by atoms with Crippen LogP contribution in [0.5, 0.6) is 0 Å². The van der Waals surface area contributed by atoms with E-state index in [1.807, 2.05) is 36.4 Å². The first-order valence-corrected chi connectivity index (χ1v) is 8.83. The number of aromatic nitrogens is 1. The van der Waals surface area contributed by atoms with E-state index in [0.29, 0.717) is 0 Å². The fourth-order valence-corrected chi connectivity index (χ4v) is 3.37. The zero-order valence-corrected chi connectivity index (χ0v) is 13.9. The quantitative estimate of drug-likeness (QED) is 0.416. The van der Waals surface area contributed by atoms with Crippen molar-refractivity contribution < 1.29 is 0 Å². The lowest BCUT2D eigenvalue weighted by Gasteiger charge is -2.15. The number of benzene rings is 2. The van der Waals surface area contributed by atoms with Crippen molar-refractivity contribution in [1.29, 1.82) is 0 Å². The second kappa shape index (κ2) is 7.45. The average Bonchev–Trinajstić information content (AvgIpc) is 2.60. The molecule has 0 saturated carbocycles. The van der Waals surface area contributed by atoms with Crippen molar-refractivity contribution in [3.63, 3.8) is 0 Å². The highest BCUT2D eigenvalue weighted by atomic mass is 16.1. The number of hydrogen-bond acceptors (Lipinski definition) is 1.